The largest absolute Gasteiger partial charge is 0.212 e. The van der Waals surface area contributed by atoms with Gasteiger partial charge < -0.3 is 0 Å². The SMILES string of the molecule is CCc1c[n+](C)c(-c2ccccc2C)cc1C.CCc1ccc(-c2cccc[n+]2C)c(C)c1.[2H]C([2H])(C)c1c[n+](C)c(-c2ccccc2C)cc1C.[2H]C([2H])(C)c1ccc(-c2cccc[n+]2C)c(C)c1.[2H]C([2H])(C)c1ccc(-c2ccccc2C)[n+](C)c1. The van der Waals surface area contributed by atoms with Crippen LogP contribution in [0.5, 0.6) is 0 Å². The Morgan fingerprint density at radius 2 is 0.646 bits per heavy atom. The number of hydrogen-bond donors (Lipinski definition) is 0. The third-order valence-corrected chi connectivity index (χ3v) is 15.3. The van der Waals surface area contributed by atoms with Gasteiger partial charge in [-0.1, -0.05) is 113 Å². The molecule has 0 bridgehead atoms. The highest BCUT2D eigenvalue weighted by Crippen LogP contribution is 2.26. The topological polar surface area (TPSA) is 19.4 Å². The van der Waals surface area contributed by atoms with Crippen molar-refractivity contribution >= 4 is 0 Å². The second-order valence-corrected chi connectivity index (χ2v) is 21.2. The minimum Gasteiger partial charge on any atom is -0.201 e. The zero-order chi connectivity index (χ0) is 64.8. The molecule has 10 rings (SSSR count). The van der Waals surface area contributed by atoms with Gasteiger partial charge in [0.2, 0.25) is 28.5 Å². The molecule has 0 saturated heterocycles. The van der Waals surface area contributed by atoms with E-state index in [-0.39, 0.29) is 0 Å². The third-order valence-electron chi connectivity index (χ3n) is 15.3. The number of nitrogens with zero attached hydrogens (tertiary/aromatic N) is 5. The summed E-state index contributed by atoms with van der Waals surface area (Å²) in [5.41, 5.74) is 25.6. The Labute approximate surface area is 503 Å². The van der Waals surface area contributed by atoms with Crippen molar-refractivity contribution in [3.8, 4) is 56.3 Å². The maximum atomic E-state index is 7.88. The van der Waals surface area contributed by atoms with Crippen molar-refractivity contribution < 1.29 is 31.1 Å². The fraction of sp³-hybridized carbons (Fsp3) is 0.286. The fourth-order valence-electron chi connectivity index (χ4n) is 10.3. The zero-order valence-corrected chi connectivity index (χ0v) is 52.2. The van der Waals surface area contributed by atoms with Crippen molar-refractivity contribution in [2.24, 2.45) is 35.2 Å². The summed E-state index contributed by atoms with van der Waals surface area (Å²) < 4.78 is 57.2. The second kappa shape index (κ2) is 30.6. The molecule has 0 aliphatic carbocycles. The van der Waals surface area contributed by atoms with Crippen molar-refractivity contribution in [3.63, 3.8) is 0 Å². The van der Waals surface area contributed by atoms with Crippen LogP contribution in [0.4, 0.5) is 0 Å². The average molecular weight is 1100 g/mol. The van der Waals surface area contributed by atoms with Crippen molar-refractivity contribution in [2.45, 2.75) is 115 Å². The molecule has 0 atom stereocenters. The zero-order valence-electron chi connectivity index (χ0n) is 58.2. The van der Waals surface area contributed by atoms with Crippen molar-refractivity contribution in [3.05, 3.63) is 268 Å². The Kier molecular flexibility index (Phi) is 20.3. The smallest absolute Gasteiger partial charge is 0.201 e. The molecule has 5 heterocycles. The molecule has 0 N–H and O–H groups in total. The summed E-state index contributed by atoms with van der Waals surface area (Å²) in [6.07, 6.45) is 8.40. The van der Waals surface area contributed by atoms with E-state index in [0.29, 0.717) is 5.56 Å². The molecule has 82 heavy (non-hydrogen) atoms. The predicted molar refractivity (Wildman–Crippen MR) is 345 cm³/mol. The molecule has 5 aromatic heterocycles. The molecule has 422 valence electrons. The van der Waals surface area contributed by atoms with Crippen LogP contribution in [0.25, 0.3) is 56.3 Å². The molecule has 0 radical (unpaired) electrons. The molecular weight excluding hydrogens is 995 g/mol. The first kappa shape index (κ1) is 54.4. The van der Waals surface area contributed by atoms with E-state index in [9.17, 15) is 0 Å². The molecular formula is C77H94N5+5. The van der Waals surface area contributed by atoms with Gasteiger partial charge >= 0.3 is 0 Å². The molecule has 5 aromatic carbocycles. The Morgan fingerprint density at radius 1 is 0.280 bits per heavy atom. The molecule has 0 unspecified atom stereocenters. The number of hydrogen-bond acceptors (Lipinski definition) is 0. The van der Waals surface area contributed by atoms with Crippen molar-refractivity contribution in [2.75, 3.05) is 0 Å². The minimum absolute atomic E-state index is 0.697. The monoisotopic (exact) mass is 1090 g/mol. The molecule has 0 aliphatic heterocycles. The molecule has 5 heteroatoms. The van der Waals surface area contributed by atoms with Gasteiger partial charge in [0, 0.05) is 95.2 Å². The van der Waals surface area contributed by atoms with E-state index in [0.717, 1.165) is 57.7 Å². The van der Waals surface area contributed by atoms with Crippen LogP contribution < -0.4 is 22.8 Å². The first-order chi connectivity index (χ1) is 41.4. The maximum Gasteiger partial charge on any atom is 0.212 e. The Morgan fingerprint density at radius 3 is 1.05 bits per heavy atom. The van der Waals surface area contributed by atoms with Gasteiger partial charge in [0.05, 0.1) is 0 Å². The standard InChI is InChI=1S/2C16H20N.3C15H18N/c2*1-5-14-11-17(4)16(10-13(14)3)15-9-7-6-8-12(15)2;2*1-4-13-8-9-14(12(2)11-13)15-7-5-6-10-16(15)3;1-4-13-9-10-15(16(3)11-13)14-8-6-5-7-12(14)2/h2*6-11H,5H2,1-4H3;3*5-11H,4H2,1-3H3/q5*+1/i5D2;;4D2;;4D2. The highest BCUT2D eigenvalue weighted by molar-refractivity contribution is 5.65. The summed E-state index contributed by atoms with van der Waals surface area (Å²) in [6, 6.07) is 58.2. The van der Waals surface area contributed by atoms with Gasteiger partial charge in [0.1, 0.15) is 35.2 Å². The highest BCUT2D eigenvalue weighted by Gasteiger charge is 2.17. The van der Waals surface area contributed by atoms with Gasteiger partial charge in [0.15, 0.2) is 31.0 Å². The summed E-state index contributed by atoms with van der Waals surface area (Å²) in [4.78, 5) is 0. The van der Waals surface area contributed by atoms with Gasteiger partial charge in [-0.25, -0.2) is 22.8 Å². The molecule has 5 nitrogen and oxygen atoms in total. The van der Waals surface area contributed by atoms with E-state index >= 15 is 0 Å². The highest BCUT2D eigenvalue weighted by atomic mass is 14.9. The summed E-state index contributed by atoms with van der Waals surface area (Å²) in [6.45, 7) is 23.9. The number of aryl methyl sites for hydroxylation is 17. The lowest BCUT2D eigenvalue weighted by Gasteiger charge is -2.07. The summed E-state index contributed by atoms with van der Waals surface area (Å²) >= 11 is 0. The van der Waals surface area contributed by atoms with Gasteiger partial charge in [0.25, 0.3) is 0 Å². The molecule has 0 spiro atoms. The first-order valence-corrected chi connectivity index (χ1v) is 28.7. The Balaban J connectivity index is 0.000000176. The molecule has 0 amide bonds. The van der Waals surface area contributed by atoms with Crippen molar-refractivity contribution in [1.29, 1.82) is 0 Å². The minimum atomic E-state index is -1.31. The van der Waals surface area contributed by atoms with Crippen LogP contribution in [-0.4, -0.2) is 0 Å². The molecule has 10 aromatic rings. The lowest BCUT2D eigenvalue weighted by atomic mass is 10.0. The normalized spacial score (nSPS) is 12.1. The molecule has 0 saturated carbocycles. The van der Waals surface area contributed by atoms with E-state index in [2.05, 4.69) is 192 Å². The predicted octanol–water partition coefficient (Wildman–Crippen LogP) is 15.9. The molecule has 0 aliphatic rings. The van der Waals surface area contributed by atoms with Crippen LogP contribution >= 0.6 is 0 Å². The number of pyridine rings is 5. The van der Waals surface area contributed by atoms with Crippen molar-refractivity contribution in [1.82, 2.24) is 0 Å². The first-order valence-electron chi connectivity index (χ1n) is 31.7. The van der Waals surface area contributed by atoms with E-state index in [1.54, 1.807) is 20.8 Å². The van der Waals surface area contributed by atoms with E-state index in [1.807, 2.05) is 129 Å². The Hall–Kier alpha value is -8.15. The van der Waals surface area contributed by atoms with Gasteiger partial charge in [-0.2, -0.15) is 0 Å². The van der Waals surface area contributed by atoms with Crippen LogP contribution in [0.15, 0.2) is 201 Å². The average Bonchev–Trinajstić information content (AvgIpc) is 1.80. The summed E-state index contributed by atoms with van der Waals surface area (Å²) in [5, 5.41) is 0. The number of benzene rings is 5. The van der Waals surface area contributed by atoms with Crippen LogP contribution in [0, 0.1) is 48.5 Å². The van der Waals surface area contributed by atoms with Crippen LogP contribution in [0.3, 0.4) is 0 Å². The summed E-state index contributed by atoms with van der Waals surface area (Å²) in [5.74, 6) is 0. The molecule has 0 fully saturated rings. The lowest BCUT2D eigenvalue weighted by Crippen LogP contribution is -2.32. The van der Waals surface area contributed by atoms with Gasteiger partial charge in [-0.15, -0.1) is 0 Å². The van der Waals surface area contributed by atoms with Gasteiger partial charge in [-0.3, -0.25) is 0 Å². The second-order valence-electron chi connectivity index (χ2n) is 21.2. The van der Waals surface area contributed by atoms with Crippen LogP contribution in [-0.2, 0) is 67.2 Å². The van der Waals surface area contributed by atoms with E-state index < -0.39 is 19.1 Å². The maximum absolute atomic E-state index is 7.88. The fourth-order valence-corrected chi connectivity index (χ4v) is 10.3. The third kappa shape index (κ3) is 16.5. The lowest BCUT2D eigenvalue weighted by molar-refractivity contribution is -0.661. The summed E-state index contributed by atoms with van der Waals surface area (Å²) in [7, 11) is 10.2. The van der Waals surface area contributed by atoms with Crippen LogP contribution in [0.2, 0.25) is 0 Å². The van der Waals surface area contributed by atoms with Crippen LogP contribution in [0.1, 0.15) is 110 Å². The van der Waals surface area contributed by atoms with Gasteiger partial charge in [-0.05, 0) is 179 Å². The number of aromatic nitrogens is 5. The van der Waals surface area contributed by atoms with E-state index in [4.69, 9.17) is 8.22 Å². The number of rotatable bonds is 10. The quantitative estimate of drug-likeness (QED) is 0.122. The Bertz CT molecular complexity index is 3900. The van der Waals surface area contributed by atoms with E-state index in [1.165, 1.54) is 72.6 Å².